The molecule has 1 saturated carbocycles. The van der Waals surface area contributed by atoms with Crippen LogP contribution in [0.5, 0.6) is 5.75 Å². The van der Waals surface area contributed by atoms with Gasteiger partial charge in [-0.15, -0.1) is 0 Å². The molecule has 0 atom stereocenters. The van der Waals surface area contributed by atoms with E-state index in [2.05, 4.69) is 50.6 Å². The molecule has 0 spiro atoms. The minimum atomic E-state index is -0.0826. The Morgan fingerprint density at radius 3 is 2.63 bits per heavy atom. The number of thioether (sulfide) groups is 1. The number of benzene rings is 1. The lowest BCUT2D eigenvalue weighted by Gasteiger charge is -2.34. The summed E-state index contributed by atoms with van der Waals surface area (Å²) < 4.78 is 14.9. The van der Waals surface area contributed by atoms with E-state index in [1.807, 2.05) is 6.07 Å². The third-order valence-electron chi connectivity index (χ3n) is 9.38. The molecule has 3 saturated heterocycles. The first-order valence-corrected chi connectivity index (χ1v) is 15.6. The fourth-order valence-electron chi connectivity index (χ4n) is 7.21. The molecule has 1 aromatic carbocycles. The maximum Gasteiger partial charge on any atom is 0.146 e. The van der Waals surface area contributed by atoms with Gasteiger partial charge in [-0.2, -0.15) is 11.8 Å². The van der Waals surface area contributed by atoms with Gasteiger partial charge in [0.1, 0.15) is 35.7 Å². The fraction of sp³-hybridized carbons (Fsp3) is 0.600. The molecule has 1 aliphatic carbocycles. The molecule has 38 heavy (non-hydrogen) atoms. The zero-order valence-corrected chi connectivity index (χ0v) is 23.0. The zero-order chi connectivity index (χ0) is 25.5. The molecule has 4 aliphatic rings. The normalized spacial score (nSPS) is 29.7. The molecular weight excluding hydrogens is 494 g/mol. The van der Waals surface area contributed by atoms with E-state index >= 15 is 0 Å². The van der Waals surface area contributed by atoms with Gasteiger partial charge in [-0.25, -0.2) is 9.97 Å². The lowest BCUT2D eigenvalue weighted by molar-refractivity contribution is -0.0198. The Morgan fingerprint density at radius 1 is 1.05 bits per heavy atom. The van der Waals surface area contributed by atoms with Crippen LogP contribution in [-0.2, 0) is 4.74 Å². The van der Waals surface area contributed by atoms with Crippen molar-refractivity contribution in [3.63, 3.8) is 0 Å². The van der Waals surface area contributed by atoms with Crippen molar-refractivity contribution >= 4 is 28.6 Å². The molecule has 8 heteroatoms. The first-order chi connectivity index (χ1) is 18.7. The van der Waals surface area contributed by atoms with Gasteiger partial charge < -0.3 is 24.7 Å². The Bertz CT molecular complexity index is 1270. The molecule has 3 aromatic rings. The first-order valence-electron chi connectivity index (χ1n) is 14.5. The number of nitrogens with zero attached hydrogens (tertiary/aromatic N) is 4. The molecule has 0 amide bonds. The van der Waals surface area contributed by atoms with Crippen LogP contribution in [0.4, 0.5) is 5.82 Å². The predicted octanol–water partition coefficient (Wildman–Crippen LogP) is 5.55. The van der Waals surface area contributed by atoms with Gasteiger partial charge in [0.2, 0.25) is 0 Å². The number of hydrogen-bond acceptors (Lipinski definition) is 7. The van der Waals surface area contributed by atoms with Crippen LogP contribution < -0.4 is 10.5 Å². The lowest BCUT2D eigenvalue weighted by atomic mass is 9.85. The van der Waals surface area contributed by atoms with Crippen molar-refractivity contribution in [2.24, 2.45) is 5.92 Å². The highest BCUT2D eigenvalue weighted by Gasteiger charge is 2.46. The molecular formula is C30H39N5O2S. The Kier molecular flexibility index (Phi) is 6.74. The third-order valence-corrected chi connectivity index (χ3v) is 10.3. The second kappa shape index (κ2) is 10.4. The molecule has 3 aliphatic heterocycles. The van der Waals surface area contributed by atoms with Crippen LogP contribution in [0.3, 0.4) is 0 Å². The second-order valence-corrected chi connectivity index (χ2v) is 13.0. The van der Waals surface area contributed by atoms with Gasteiger partial charge in [-0.05, 0) is 75.0 Å². The molecule has 2 bridgehead atoms. The maximum absolute atomic E-state index is 6.46. The average Bonchev–Trinajstić information content (AvgIpc) is 3.68. The molecule has 2 aromatic heterocycles. The summed E-state index contributed by atoms with van der Waals surface area (Å²) in [6, 6.07) is 8.84. The van der Waals surface area contributed by atoms with Crippen molar-refractivity contribution in [1.29, 1.82) is 0 Å². The summed E-state index contributed by atoms with van der Waals surface area (Å²) in [6.07, 6.45) is 13.8. The van der Waals surface area contributed by atoms with Gasteiger partial charge in [0.15, 0.2) is 0 Å². The molecule has 202 valence electrons. The molecule has 5 heterocycles. The first kappa shape index (κ1) is 24.7. The summed E-state index contributed by atoms with van der Waals surface area (Å²) in [5.41, 5.74) is 9.52. The minimum absolute atomic E-state index is 0.0826. The zero-order valence-electron chi connectivity index (χ0n) is 22.2. The van der Waals surface area contributed by atoms with Crippen LogP contribution in [-0.4, -0.2) is 68.9 Å². The molecule has 4 fully saturated rings. The van der Waals surface area contributed by atoms with Gasteiger partial charge >= 0.3 is 0 Å². The summed E-state index contributed by atoms with van der Waals surface area (Å²) >= 11 is 2.09. The number of aromatic nitrogens is 3. The number of hydrogen-bond donors (Lipinski definition) is 1. The number of anilines is 1. The van der Waals surface area contributed by atoms with Gasteiger partial charge in [-0.3, -0.25) is 0 Å². The van der Waals surface area contributed by atoms with Crippen LogP contribution in [0.25, 0.3) is 22.2 Å². The number of ether oxygens (including phenoxy) is 2. The molecule has 0 radical (unpaired) electrons. The SMILES string of the molecule is Nc1ncnc2c1c(-c1cccc(OCC34CCC(CC3)O4)c1)cn2[C@H]1CC[C@H](CN2CCSCC2)CC1. The monoisotopic (exact) mass is 533 g/mol. The second-order valence-electron chi connectivity index (χ2n) is 11.8. The Hall–Kier alpha value is -2.29. The highest BCUT2D eigenvalue weighted by Crippen LogP contribution is 2.44. The van der Waals surface area contributed by atoms with E-state index in [9.17, 15) is 0 Å². The van der Waals surface area contributed by atoms with Crippen molar-refractivity contribution in [2.75, 3.05) is 43.5 Å². The van der Waals surface area contributed by atoms with Gasteiger partial charge in [0.25, 0.3) is 0 Å². The standard InChI is InChI=1S/C30H39N5O2S/c31-28-27-26(22-2-1-3-25(16-22)36-19-30-10-8-24(37-30)9-11-30)18-35(29(27)33-20-32-28)23-6-4-21(5-7-23)17-34-12-14-38-15-13-34/h1-3,16,18,20-21,23-24H,4-15,17,19H2,(H2,31,32,33)/t21-,23-,24?,30?. The van der Waals surface area contributed by atoms with Crippen molar-refractivity contribution in [2.45, 2.75) is 69.1 Å². The van der Waals surface area contributed by atoms with Crippen molar-refractivity contribution in [3.8, 4) is 16.9 Å². The summed E-state index contributed by atoms with van der Waals surface area (Å²) in [5.74, 6) is 4.81. The summed E-state index contributed by atoms with van der Waals surface area (Å²) in [5, 5.41) is 0.953. The Morgan fingerprint density at radius 2 is 1.87 bits per heavy atom. The summed E-state index contributed by atoms with van der Waals surface area (Å²) in [7, 11) is 0. The summed E-state index contributed by atoms with van der Waals surface area (Å²) in [6.45, 7) is 4.40. The van der Waals surface area contributed by atoms with Gasteiger partial charge in [-0.1, -0.05) is 12.1 Å². The van der Waals surface area contributed by atoms with Crippen molar-refractivity contribution in [1.82, 2.24) is 19.4 Å². The number of nitrogens with two attached hydrogens (primary N) is 1. The van der Waals surface area contributed by atoms with Crippen LogP contribution in [0.1, 0.15) is 57.4 Å². The minimum Gasteiger partial charge on any atom is -0.491 e. The maximum atomic E-state index is 6.46. The number of rotatable bonds is 7. The predicted molar refractivity (Wildman–Crippen MR) is 154 cm³/mol. The highest BCUT2D eigenvalue weighted by molar-refractivity contribution is 7.99. The fourth-order valence-corrected chi connectivity index (χ4v) is 8.19. The van der Waals surface area contributed by atoms with Crippen LogP contribution in [0, 0.1) is 5.92 Å². The van der Waals surface area contributed by atoms with E-state index < -0.39 is 0 Å². The van der Waals surface area contributed by atoms with Crippen molar-refractivity contribution < 1.29 is 9.47 Å². The quantitative estimate of drug-likeness (QED) is 0.427. The van der Waals surface area contributed by atoms with E-state index in [0.29, 0.717) is 24.6 Å². The summed E-state index contributed by atoms with van der Waals surface area (Å²) in [4.78, 5) is 11.8. The lowest BCUT2D eigenvalue weighted by Crippen LogP contribution is -2.37. The van der Waals surface area contributed by atoms with Crippen LogP contribution in [0.15, 0.2) is 36.8 Å². The smallest absolute Gasteiger partial charge is 0.146 e. The molecule has 7 rings (SSSR count). The highest BCUT2D eigenvalue weighted by atomic mass is 32.2. The van der Waals surface area contributed by atoms with Crippen LogP contribution in [0.2, 0.25) is 0 Å². The molecule has 7 nitrogen and oxygen atoms in total. The number of fused-ring (bicyclic) bond motifs is 3. The van der Waals surface area contributed by atoms with E-state index in [4.69, 9.17) is 20.2 Å². The number of nitrogen functional groups attached to an aromatic ring is 1. The molecule has 2 N–H and O–H groups in total. The van der Waals surface area contributed by atoms with E-state index in [0.717, 1.165) is 46.7 Å². The van der Waals surface area contributed by atoms with Gasteiger partial charge in [0, 0.05) is 48.9 Å². The van der Waals surface area contributed by atoms with Crippen LogP contribution >= 0.6 is 11.8 Å². The Labute approximate surface area is 229 Å². The third kappa shape index (κ3) is 4.80. The van der Waals surface area contributed by atoms with E-state index in [1.165, 1.54) is 69.7 Å². The van der Waals surface area contributed by atoms with Gasteiger partial charge in [0.05, 0.1) is 11.5 Å². The average molecular weight is 534 g/mol. The largest absolute Gasteiger partial charge is 0.491 e. The van der Waals surface area contributed by atoms with E-state index in [1.54, 1.807) is 6.33 Å². The topological polar surface area (TPSA) is 78.4 Å². The molecule has 0 unspecified atom stereocenters. The van der Waals surface area contributed by atoms with E-state index in [-0.39, 0.29) is 5.60 Å². The Balaban J connectivity index is 1.10. The van der Waals surface area contributed by atoms with Crippen molar-refractivity contribution in [3.05, 3.63) is 36.8 Å².